The molecule has 0 aromatic heterocycles. The molecule has 1 fully saturated rings. The summed E-state index contributed by atoms with van der Waals surface area (Å²) in [7, 11) is 0. The number of hydrogen-bond acceptors (Lipinski definition) is 2. The van der Waals surface area contributed by atoms with E-state index in [9.17, 15) is 0 Å². The maximum Gasteiger partial charge on any atom is 0.0675 e. The van der Waals surface area contributed by atoms with E-state index < -0.39 is 0 Å². The number of rotatable bonds is 6. The molecule has 0 radical (unpaired) electrons. The summed E-state index contributed by atoms with van der Waals surface area (Å²) in [5, 5.41) is 3.27. The first kappa shape index (κ1) is 10.7. The summed E-state index contributed by atoms with van der Waals surface area (Å²) < 4.78 is 5.86. The number of nitrogens with one attached hydrogen (secondary N) is 1. The van der Waals surface area contributed by atoms with Crippen molar-refractivity contribution in [1.82, 2.24) is 5.32 Å². The molecule has 1 aliphatic carbocycles. The van der Waals surface area contributed by atoms with Crippen LogP contribution in [0.2, 0.25) is 0 Å². The highest BCUT2D eigenvalue weighted by Crippen LogP contribution is 2.21. The van der Waals surface area contributed by atoms with Gasteiger partial charge < -0.3 is 10.1 Å². The summed E-state index contributed by atoms with van der Waals surface area (Å²) in [6.45, 7) is 7.60. The second-order valence-corrected chi connectivity index (χ2v) is 3.80. The lowest BCUT2D eigenvalue weighted by molar-refractivity contribution is 0.00358. The third-order valence-electron chi connectivity index (χ3n) is 2.45. The molecule has 1 saturated carbocycles. The van der Waals surface area contributed by atoms with Crippen LogP contribution >= 0.6 is 0 Å². The molecular weight excluding hydrogens is 162 g/mol. The lowest BCUT2D eigenvalue weighted by Crippen LogP contribution is -2.29. The van der Waals surface area contributed by atoms with Crippen molar-refractivity contribution in [3.05, 3.63) is 12.7 Å². The van der Waals surface area contributed by atoms with E-state index in [4.69, 9.17) is 4.74 Å². The molecule has 0 bridgehead atoms. The van der Waals surface area contributed by atoms with E-state index in [0.29, 0.717) is 12.2 Å². The molecule has 0 heterocycles. The Bertz CT molecular complexity index is 141. The van der Waals surface area contributed by atoms with Crippen LogP contribution in [0, 0.1) is 0 Å². The maximum atomic E-state index is 5.86. The van der Waals surface area contributed by atoms with Crippen molar-refractivity contribution in [2.45, 2.75) is 44.8 Å². The zero-order valence-electron chi connectivity index (χ0n) is 8.59. The Labute approximate surface area is 81.4 Å². The largest absolute Gasteiger partial charge is 0.374 e. The van der Waals surface area contributed by atoms with Gasteiger partial charge in [0.2, 0.25) is 0 Å². The van der Waals surface area contributed by atoms with Crippen molar-refractivity contribution in [3.8, 4) is 0 Å². The van der Waals surface area contributed by atoms with Gasteiger partial charge in [-0.3, -0.25) is 0 Å². The van der Waals surface area contributed by atoms with Crippen LogP contribution in [0.25, 0.3) is 0 Å². The van der Waals surface area contributed by atoms with Gasteiger partial charge in [0.1, 0.15) is 0 Å². The van der Waals surface area contributed by atoms with E-state index in [1.807, 2.05) is 6.08 Å². The predicted octanol–water partition coefficient (Wildman–Crippen LogP) is 2.11. The number of ether oxygens (including phenoxy) is 1. The van der Waals surface area contributed by atoms with Crippen LogP contribution in [0.4, 0.5) is 0 Å². The molecule has 1 aliphatic rings. The molecule has 1 atom stereocenters. The van der Waals surface area contributed by atoms with Crippen molar-refractivity contribution in [2.24, 2.45) is 0 Å². The molecule has 2 nitrogen and oxygen atoms in total. The third kappa shape index (κ3) is 4.44. The van der Waals surface area contributed by atoms with Crippen molar-refractivity contribution in [2.75, 3.05) is 13.1 Å². The van der Waals surface area contributed by atoms with E-state index in [-0.39, 0.29) is 0 Å². The second-order valence-electron chi connectivity index (χ2n) is 3.80. The molecule has 0 aromatic carbocycles. The second kappa shape index (κ2) is 6.17. The van der Waals surface area contributed by atoms with Crippen molar-refractivity contribution < 1.29 is 4.74 Å². The van der Waals surface area contributed by atoms with Gasteiger partial charge in [0.05, 0.1) is 12.2 Å². The Morgan fingerprint density at radius 1 is 1.54 bits per heavy atom. The Balaban J connectivity index is 2.02. The van der Waals surface area contributed by atoms with E-state index >= 15 is 0 Å². The summed E-state index contributed by atoms with van der Waals surface area (Å²) in [4.78, 5) is 0. The van der Waals surface area contributed by atoms with Crippen LogP contribution in [-0.2, 0) is 4.74 Å². The molecule has 0 saturated heterocycles. The van der Waals surface area contributed by atoms with Gasteiger partial charge in [0.15, 0.2) is 0 Å². The van der Waals surface area contributed by atoms with Crippen LogP contribution in [0.1, 0.15) is 32.6 Å². The summed E-state index contributed by atoms with van der Waals surface area (Å²) >= 11 is 0. The predicted molar refractivity (Wildman–Crippen MR) is 55.9 cm³/mol. The van der Waals surface area contributed by atoms with Crippen molar-refractivity contribution in [1.29, 1.82) is 0 Å². The minimum absolute atomic E-state index is 0.336. The maximum absolute atomic E-state index is 5.86. The highest BCUT2D eigenvalue weighted by atomic mass is 16.5. The van der Waals surface area contributed by atoms with Gasteiger partial charge in [0, 0.05) is 13.1 Å². The molecule has 13 heavy (non-hydrogen) atoms. The van der Waals surface area contributed by atoms with Crippen LogP contribution in [0.5, 0.6) is 0 Å². The topological polar surface area (TPSA) is 21.3 Å². The Hall–Kier alpha value is -0.340. The van der Waals surface area contributed by atoms with E-state index in [1.54, 1.807) is 0 Å². The van der Waals surface area contributed by atoms with Crippen LogP contribution in [0.15, 0.2) is 12.7 Å². The van der Waals surface area contributed by atoms with Gasteiger partial charge in [-0.05, 0) is 19.8 Å². The van der Waals surface area contributed by atoms with Gasteiger partial charge >= 0.3 is 0 Å². The summed E-state index contributed by atoms with van der Waals surface area (Å²) in [5.74, 6) is 0. The first-order valence-corrected chi connectivity index (χ1v) is 5.30. The summed E-state index contributed by atoms with van der Waals surface area (Å²) in [6, 6.07) is 0. The zero-order valence-corrected chi connectivity index (χ0v) is 8.59. The van der Waals surface area contributed by atoms with Gasteiger partial charge in [0.25, 0.3) is 0 Å². The Morgan fingerprint density at radius 2 is 2.23 bits per heavy atom. The third-order valence-corrected chi connectivity index (χ3v) is 2.45. The summed E-state index contributed by atoms with van der Waals surface area (Å²) in [5.41, 5.74) is 0. The quantitative estimate of drug-likeness (QED) is 0.503. The fourth-order valence-corrected chi connectivity index (χ4v) is 1.79. The Kier molecular flexibility index (Phi) is 5.09. The standard InChI is InChI=1S/C11H21NO/c1-3-8-12-9-10(2)13-11-6-4-5-7-11/h3,10-12H,1,4-9H2,2H3. The first-order chi connectivity index (χ1) is 6.33. The average molecular weight is 183 g/mol. The fraction of sp³-hybridized carbons (Fsp3) is 0.818. The lowest BCUT2D eigenvalue weighted by Gasteiger charge is -2.18. The smallest absolute Gasteiger partial charge is 0.0675 e. The van der Waals surface area contributed by atoms with Gasteiger partial charge in [-0.1, -0.05) is 18.9 Å². The molecular formula is C11H21NO. The van der Waals surface area contributed by atoms with Gasteiger partial charge in [-0.15, -0.1) is 6.58 Å². The van der Waals surface area contributed by atoms with Gasteiger partial charge in [-0.2, -0.15) is 0 Å². The molecule has 1 rings (SSSR count). The van der Waals surface area contributed by atoms with Crippen LogP contribution in [0.3, 0.4) is 0 Å². The normalized spacial score (nSPS) is 20.4. The molecule has 0 aliphatic heterocycles. The molecule has 1 N–H and O–H groups in total. The molecule has 0 aromatic rings. The van der Waals surface area contributed by atoms with E-state index in [2.05, 4.69) is 18.8 Å². The fourth-order valence-electron chi connectivity index (χ4n) is 1.79. The molecule has 1 unspecified atom stereocenters. The SMILES string of the molecule is C=CCNCC(C)OC1CCCC1. The summed E-state index contributed by atoms with van der Waals surface area (Å²) in [6.07, 6.45) is 7.94. The monoisotopic (exact) mass is 183 g/mol. The minimum Gasteiger partial charge on any atom is -0.374 e. The molecule has 0 spiro atoms. The lowest BCUT2D eigenvalue weighted by atomic mass is 10.3. The molecule has 0 amide bonds. The van der Waals surface area contributed by atoms with Crippen LogP contribution < -0.4 is 5.32 Å². The Morgan fingerprint density at radius 3 is 2.85 bits per heavy atom. The molecule has 76 valence electrons. The highest BCUT2D eigenvalue weighted by molar-refractivity contribution is 4.72. The van der Waals surface area contributed by atoms with E-state index in [1.165, 1.54) is 25.7 Å². The van der Waals surface area contributed by atoms with Crippen LogP contribution in [-0.4, -0.2) is 25.3 Å². The number of hydrogen-bond donors (Lipinski definition) is 1. The molecule has 2 heteroatoms. The van der Waals surface area contributed by atoms with E-state index in [0.717, 1.165) is 13.1 Å². The van der Waals surface area contributed by atoms with Gasteiger partial charge in [-0.25, -0.2) is 0 Å². The first-order valence-electron chi connectivity index (χ1n) is 5.30. The highest BCUT2D eigenvalue weighted by Gasteiger charge is 2.17. The van der Waals surface area contributed by atoms with Crippen molar-refractivity contribution >= 4 is 0 Å². The minimum atomic E-state index is 0.336. The average Bonchev–Trinajstić information content (AvgIpc) is 2.57. The van der Waals surface area contributed by atoms with Crippen molar-refractivity contribution in [3.63, 3.8) is 0 Å². The zero-order chi connectivity index (χ0) is 9.52.